The van der Waals surface area contributed by atoms with Crippen molar-refractivity contribution in [3.63, 3.8) is 0 Å². The highest BCUT2D eigenvalue weighted by Gasteiger charge is 2.23. The number of aliphatic hydroxyl groups excluding tert-OH is 2. The molecule has 0 aliphatic carbocycles. The molecule has 0 atom stereocenters. The molecule has 0 saturated heterocycles. The van der Waals surface area contributed by atoms with Crippen molar-refractivity contribution in [3.05, 3.63) is 0 Å². The fourth-order valence-electron chi connectivity index (χ4n) is 1.19. The molecule has 0 amide bonds. The summed E-state index contributed by atoms with van der Waals surface area (Å²) in [5.74, 6) is 0.674. The van der Waals surface area contributed by atoms with Crippen LogP contribution in [-0.2, 0) is 0 Å². The summed E-state index contributed by atoms with van der Waals surface area (Å²) in [6.07, 6.45) is 2.18. The molecule has 1 aliphatic heterocycles. The minimum atomic E-state index is -0.698. The smallest absolute Gasteiger partial charge is 0.191 e. The molecule has 1 heterocycles. The van der Waals surface area contributed by atoms with E-state index in [4.69, 9.17) is 10.2 Å². The third-order valence-electron chi connectivity index (χ3n) is 2.27. The highest BCUT2D eigenvalue weighted by Crippen LogP contribution is 2.01. The lowest BCUT2D eigenvalue weighted by atomic mass is 10.1. The van der Waals surface area contributed by atoms with Crippen LogP contribution in [0.4, 0.5) is 0 Å². The van der Waals surface area contributed by atoms with Crippen LogP contribution in [0.25, 0.3) is 0 Å². The second-order valence-corrected chi connectivity index (χ2v) is 3.87. The van der Waals surface area contributed by atoms with Crippen molar-refractivity contribution in [2.24, 2.45) is 4.99 Å². The van der Waals surface area contributed by atoms with Gasteiger partial charge in [-0.25, -0.2) is 0 Å². The highest BCUT2D eigenvalue weighted by atomic mass is 16.3. The first-order valence-corrected chi connectivity index (χ1v) is 4.98. The molecule has 1 aliphatic rings. The molecule has 0 saturated carbocycles. The Morgan fingerprint density at radius 3 is 2.79 bits per heavy atom. The molecule has 82 valence electrons. The maximum atomic E-state index is 9.08. The van der Waals surface area contributed by atoms with Crippen molar-refractivity contribution in [3.8, 4) is 0 Å². The molecular formula is C9H19N3O2. The molecule has 0 bridgehead atoms. The van der Waals surface area contributed by atoms with E-state index in [1.807, 2.05) is 0 Å². The standard InChI is InChI=1S/C9H19N3O2/c1-9(6-13,7-14)12-8-10-4-2-3-5-11-8/h13-14H,2-7H2,1H3,(H2,10,11,12). The average Bonchev–Trinajstić information content (AvgIpc) is 2.46. The summed E-state index contributed by atoms with van der Waals surface area (Å²) in [4.78, 5) is 4.28. The minimum Gasteiger partial charge on any atom is -0.394 e. The van der Waals surface area contributed by atoms with E-state index in [1.54, 1.807) is 6.92 Å². The third kappa shape index (κ3) is 3.16. The van der Waals surface area contributed by atoms with Gasteiger partial charge in [-0.15, -0.1) is 0 Å². The van der Waals surface area contributed by atoms with Crippen LogP contribution in [-0.4, -0.2) is 48.0 Å². The van der Waals surface area contributed by atoms with Crippen molar-refractivity contribution >= 4 is 5.96 Å². The first-order valence-electron chi connectivity index (χ1n) is 4.98. The number of nitrogens with one attached hydrogen (secondary N) is 2. The number of nitrogens with zero attached hydrogens (tertiary/aromatic N) is 1. The Balaban J connectivity index is 2.52. The van der Waals surface area contributed by atoms with Crippen LogP contribution < -0.4 is 10.6 Å². The van der Waals surface area contributed by atoms with Crippen LogP contribution in [0.3, 0.4) is 0 Å². The first-order chi connectivity index (χ1) is 6.70. The second-order valence-electron chi connectivity index (χ2n) is 3.87. The zero-order valence-electron chi connectivity index (χ0n) is 8.58. The summed E-state index contributed by atoms with van der Waals surface area (Å²) >= 11 is 0. The zero-order chi connectivity index (χ0) is 10.4. The Labute approximate surface area is 84.2 Å². The molecule has 5 heteroatoms. The van der Waals surface area contributed by atoms with Gasteiger partial charge in [-0.1, -0.05) is 0 Å². The third-order valence-corrected chi connectivity index (χ3v) is 2.27. The fourth-order valence-corrected chi connectivity index (χ4v) is 1.19. The van der Waals surface area contributed by atoms with E-state index in [1.165, 1.54) is 0 Å². The van der Waals surface area contributed by atoms with Crippen molar-refractivity contribution in [1.82, 2.24) is 10.6 Å². The summed E-state index contributed by atoms with van der Waals surface area (Å²) in [5, 5.41) is 24.3. The van der Waals surface area contributed by atoms with E-state index < -0.39 is 5.54 Å². The maximum Gasteiger partial charge on any atom is 0.191 e. The van der Waals surface area contributed by atoms with E-state index in [-0.39, 0.29) is 13.2 Å². The van der Waals surface area contributed by atoms with E-state index in [0.717, 1.165) is 25.9 Å². The summed E-state index contributed by atoms with van der Waals surface area (Å²) < 4.78 is 0. The van der Waals surface area contributed by atoms with Gasteiger partial charge in [0.25, 0.3) is 0 Å². The Hall–Kier alpha value is -0.810. The number of guanidine groups is 1. The summed E-state index contributed by atoms with van der Waals surface area (Å²) in [6.45, 7) is 3.19. The van der Waals surface area contributed by atoms with E-state index in [0.29, 0.717) is 5.96 Å². The Morgan fingerprint density at radius 1 is 1.43 bits per heavy atom. The van der Waals surface area contributed by atoms with Gasteiger partial charge in [-0.05, 0) is 19.8 Å². The highest BCUT2D eigenvalue weighted by molar-refractivity contribution is 5.80. The van der Waals surface area contributed by atoms with Gasteiger partial charge in [0.05, 0.1) is 18.8 Å². The molecule has 0 radical (unpaired) electrons. The van der Waals surface area contributed by atoms with Gasteiger partial charge in [0.1, 0.15) is 0 Å². The molecule has 0 fully saturated rings. The predicted molar refractivity (Wildman–Crippen MR) is 55.3 cm³/mol. The van der Waals surface area contributed by atoms with Gasteiger partial charge >= 0.3 is 0 Å². The fraction of sp³-hybridized carbons (Fsp3) is 0.889. The largest absolute Gasteiger partial charge is 0.394 e. The zero-order valence-corrected chi connectivity index (χ0v) is 8.58. The van der Waals surface area contributed by atoms with Crippen LogP contribution in [0, 0.1) is 0 Å². The molecule has 1 rings (SSSR count). The van der Waals surface area contributed by atoms with Gasteiger partial charge in [0.15, 0.2) is 5.96 Å². The van der Waals surface area contributed by atoms with E-state index >= 15 is 0 Å². The van der Waals surface area contributed by atoms with Crippen molar-refractivity contribution in [1.29, 1.82) is 0 Å². The van der Waals surface area contributed by atoms with Gasteiger partial charge in [0, 0.05) is 13.1 Å². The average molecular weight is 201 g/mol. The molecule has 0 spiro atoms. The maximum absolute atomic E-state index is 9.08. The van der Waals surface area contributed by atoms with Crippen molar-refractivity contribution in [2.75, 3.05) is 26.3 Å². The summed E-state index contributed by atoms with van der Waals surface area (Å²) in [5.41, 5.74) is -0.698. The van der Waals surface area contributed by atoms with E-state index in [9.17, 15) is 0 Å². The topological polar surface area (TPSA) is 76.9 Å². The number of aliphatic hydroxyl groups is 2. The Morgan fingerprint density at radius 2 is 2.14 bits per heavy atom. The molecular weight excluding hydrogens is 182 g/mol. The molecule has 4 N–H and O–H groups in total. The normalized spacial score (nSPS) is 18.1. The molecule has 0 aromatic rings. The number of aliphatic imine (C=N–C) groups is 1. The van der Waals surface area contributed by atoms with Gasteiger partial charge in [-0.2, -0.15) is 0 Å². The van der Waals surface area contributed by atoms with Crippen LogP contribution in [0.1, 0.15) is 19.8 Å². The second kappa shape index (κ2) is 5.17. The minimum absolute atomic E-state index is 0.121. The van der Waals surface area contributed by atoms with Crippen LogP contribution in [0.15, 0.2) is 4.99 Å². The number of rotatable bonds is 3. The van der Waals surface area contributed by atoms with Gasteiger partial charge < -0.3 is 20.8 Å². The lowest BCUT2D eigenvalue weighted by Gasteiger charge is -2.28. The molecule has 0 aromatic carbocycles. The quantitative estimate of drug-likeness (QED) is 0.475. The van der Waals surface area contributed by atoms with Crippen molar-refractivity contribution in [2.45, 2.75) is 25.3 Å². The predicted octanol–water partition coefficient (Wildman–Crippen LogP) is -0.941. The molecule has 0 aromatic heterocycles. The van der Waals surface area contributed by atoms with Crippen LogP contribution in [0.2, 0.25) is 0 Å². The Bertz CT molecular complexity index is 202. The van der Waals surface area contributed by atoms with Crippen molar-refractivity contribution < 1.29 is 10.2 Å². The van der Waals surface area contributed by atoms with Crippen LogP contribution >= 0.6 is 0 Å². The number of hydrogen-bond acceptors (Lipinski definition) is 5. The molecule has 0 unspecified atom stereocenters. The monoisotopic (exact) mass is 201 g/mol. The summed E-state index contributed by atoms with van der Waals surface area (Å²) in [6, 6.07) is 0. The number of hydrogen-bond donors (Lipinski definition) is 4. The lowest BCUT2D eigenvalue weighted by Crippen LogP contribution is -2.55. The van der Waals surface area contributed by atoms with E-state index in [2.05, 4.69) is 15.6 Å². The lowest BCUT2D eigenvalue weighted by molar-refractivity contribution is 0.118. The van der Waals surface area contributed by atoms with Crippen LogP contribution in [0.5, 0.6) is 0 Å². The van der Waals surface area contributed by atoms with Gasteiger partial charge in [0.2, 0.25) is 0 Å². The molecule has 5 nitrogen and oxygen atoms in total. The Kier molecular flexibility index (Phi) is 4.16. The summed E-state index contributed by atoms with van der Waals surface area (Å²) in [7, 11) is 0. The SMILES string of the molecule is CC(CO)(CO)NC1=NCCCCN1. The van der Waals surface area contributed by atoms with Gasteiger partial charge in [-0.3, -0.25) is 4.99 Å². The molecule has 14 heavy (non-hydrogen) atoms. The first kappa shape index (κ1) is 11.3.